The lowest BCUT2D eigenvalue weighted by Crippen LogP contribution is -2.47. The predicted octanol–water partition coefficient (Wildman–Crippen LogP) is 9.32. The topological polar surface area (TPSA) is 55.3 Å². The minimum absolute atomic E-state index is 0.519. The molecule has 44 heavy (non-hydrogen) atoms. The number of rotatable bonds is 6. The number of hydrogen-bond donors (Lipinski definition) is 2. The normalized spacial score (nSPS) is 18.2. The number of benzene rings is 2. The maximum atomic E-state index is 6.58. The molecule has 2 aliphatic heterocycles. The molecule has 0 aromatic heterocycles. The molecule has 6 nitrogen and oxygen atoms in total. The molecule has 2 heterocycles. The average Bonchev–Trinajstić information content (AvgIpc) is 3.00. The minimum Gasteiger partial charge on any atom is -0.354 e. The van der Waals surface area contributed by atoms with Crippen molar-refractivity contribution < 1.29 is 0 Å². The van der Waals surface area contributed by atoms with E-state index in [1.54, 1.807) is 0 Å². The van der Waals surface area contributed by atoms with Crippen molar-refractivity contribution >= 4 is 46.2 Å². The molecule has 0 amide bonds. The number of nitrogens with one attached hydrogen (secondary N) is 2. The van der Waals surface area contributed by atoms with Gasteiger partial charge in [0.1, 0.15) is 16.8 Å². The van der Waals surface area contributed by atoms with Gasteiger partial charge in [-0.05, 0) is 86.2 Å². The molecular weight excluding hydrogens is 587 g/mol. The third-order valence-electron chi connectivity index (χ3n) is 6.97. The monoisotopic (exact) mass is 634 g/mol. The molecule has 4 rings (SSSR count). The summed E-state index contributed by atoms with van der Waals surface area (Å²) in [6.07, 6.45) is 11.8. The number of anilines is 2. The summed E-state index contributed by atoms with van der Waals surface area (Å²) in [5.41, 5.74) is 5.72. The summed E-state index contributed by atoms with van der Waals surface area (Å²) < 4.78 is 0. The molecule has 1 saturated heterocycles. The summed E-state index contributed by atoms with van der Waals surface area (Å²) in [5.74, 6) is 2.00. The van der Waals surface area contributed by atoms with Crippen molar-refractivity contribution in [2.45, 2.75) is 66.8 Å². The van der Waals surface area contributed by atoms with Crippen molar-refractivity contribution in [3.8, 4) is 0 Å². The number of nitrogens with zero attached hydrogens (tertiary/aromatic N) is 4. The van der Waals surface area contributed by atoms with Gasteiger partial charge in [-0.15, -0.1) is 0 Å². The molecule has 0 aliphatic carbocycles. The van der Waals surface area contributed by atoms with Crippen LogP contribution in [0.3, 0.4) is 0 Å². The van der Waals surface area contributed by atoms with Crippen molar-refractivity contribution in [1.82, 2.24) is 9.80 Å². The highest BCUT2D eigenvalue weighted by molar-refractivity contribution is 6.45. The zero-order valence-electron chi connectivity index (χ0n) is 27.0. The first-order chi connectivity index (χ1) is 21.3. The van der Waals surface area contributed by atoms with Gasteiger partial charge in [0.05, 0.1) is 5.03 Å². The summed E-state index contributed by atoms with van der Waals surface area (Å²) in [7, 11) is 0. The van der Waals surface area contributed by atoms with E-state index in [1.807, 2.05) is 44.2 Å². The van der Waals surface area contributed by atoms with Gasteiger partial charge in [-0.1, -0.05) is 87.3 Å². The molecule has 8 heteroatoms. The van der Waals surface area contributed by atoms with Gasteiger partial charge in [-0.2, -0.15) is 0 Å². The van der Waals surface area contributed by atoms with Crippen molar-refractivity contribution in [2.24, 2.45) is 9.98 Å². The van der Waals surface area contributed by atoms with Gasteiger partial charge < -0.3 is 15.5 Å². The number of hydrogen-bond acceptors (Lipinski definition) is 5. The molecular formula is C36H48Cl2N6. The first kappa shape index (κ1) is 35.2. The number of aliphatic imine (C=N–C) groups is 2. The van der Waals surface area contributed by atoms with Crippen LogP contribution in [0.4, 0.5) is 11.4 Å². The molecule has 0 saturated carbocycles. The summed E-state index contributed by atoms with van der Waals surface area (Å²) in [5, 5.41) is 7.84. The third-order valence-corrected chi connectivity index (χ3v) is 7.61. The number of allylic oxidation sites excluding steroid dienone is 3. The van der Waals surface area contributed by atoms with E-state index < -0.39 is 0 Å². The number of halogens is 2. The van der Waals surface area contributed by atoms with Crippen LogP contribution >= 0.6 is 23.2 Å². The third kappa shape index (κ3) is 11.3. The van der Waals surface area contributed by atoms with Crippen molar-refractivity contribution in [3.05, 3.63) is 106 Å². The Morgan fingerprint density at radius 2 is 1.66 bits per heavy atom. The predicted molar refractivity (Wildman–Crippen MR) is 193 cm³/mol. The highest BCUT2D eigenvalue weighted by Gasteiger charge is 2.20. The molecule has 236 valence electrons. The Balaban J connectivity index is 0.00000169. The van der Waals surface area contributed by atoms with Crippen molar-refractivity contribution in [2.75, 3.05) is 36.8 Å². The Kier molecular flexibility index (Phi) is 14.8. The van der Waals surface area contributed by atoms with E-state index in [0.717, 1.165) is 69.2 Å². The zero-order valence-corrected chi connectivity index (χ0v) is 28.5. The largest absolute Gasteiger partial charge is 0.354 e. The molecule has 1 fully saturated rings. The van der Waals surface area contributed by atoms with Gasteiger partial charge >= 0.3 is 0 Å². The highest BCUT2D eigenvalue weighted by atomic mass is 35.5. The molecule has 2 aliphatic rings. The fourth-order valence-corrected chi connectivity index (χ4v) is 5.32. The quantitative estimate of drug-likeness (QED) is 0.189. The Hall–Kier alpha value is -3.32. The van der Waals surface area contributed by atoms with Crippen LogP contribution in [0.2, 0.25) is 0 Å². The number of amidine groups is 2. The maximum absolute atomic E-state index is 6.58. The molecule has 2 N–H and O–H groups in total. The first-order valence-electron chi connectivity index (χ1n) is 15.7. The van der Waals surface area contributed by atoms with E-state index in [4.69, 9.17) is 23.2 Å². The van der Waals surface area contributed by atoms with Gasteiger partial charge in [0.25, 0.3) is 0 Å². The maximum Gasteiger partial charge on any atom is 0.151 e. The molecule has 4 bridgehead atoms. The molecule has 2 aromatic carbocycles. The lowest BCUT2D eigenvalue weighted by atomic mass is 10.0. The van der Waals surface area contributed by atoms with Gasteiger partial charge in [0.2, 0.25) is 0 Å². The van der Waals surface area contributed by atoms with Crippen LogP contribution in [-0.2, 0) is 19.4 Å². The zero-order chi connectivity index (χ0) is 31.9. The van der Waals surface area contributed by atoms with Crippen molar-refractivity contribution in [1.29, 1.82) is 0 Å². The lowest BCUT2D eigenvalue weighted by molar-refractivity contribution is 0.176. The van der Waals surface area contributed by atoms with Gasteiger partial charge in [0, 0.05) is 44.1 Å². The Morgan fingerprint density at radius 1 is 0.955 bits per heavy atom. The van der Waals surface area contributed by atoms with Gasteiger partial charge in [-0.25, -0.2) is 9.98 Å². The molecule has 0 spiro atoms. The number of aryl methyl sites for hydroxylation is 2. The average molecular weight is 636 g/mol. The number of fused-ring (bicyclic) bond motifs is 4. The fourth-order valence-electron chi connectivity index (χ4n) is 4.99. The molecule has 2 aromatic rings. The molecule has 0 unspecified atom stereocenters. The van der Waals surface area contributed by atoms with Crippen LogP contribution in [0, 0.1) is 0 Å². The molecule has 0 radical (unpaired) electrons. The van der Waals surface area contributed by atoms with Crippen LogP contribution in [0.1, 0.15) is 64.2 Å². The summed E-state index contributed by atoms with van der Waals surface area (Å²) in [4.78, 5) is 14.1. The SMILES string of the molecule is C=C1/N=C(\C(Cl)=C/C)Nc2cc(cc(CN3CCN(C(/C=C\C)=N/C(Cl)=C/CC)CC3)c2)CCc2cccc(c2)N1.CCC. The van der Waals surface area contributed by atoms with Crippen LogP contribution in [0.15, 0.2) is 99.3 Å². The highest BCUT2D eigenvalue weighted by Crippen LogP contribution is 2.23. The second kappa shape index (κ2) is 18.5. The Bertz CT molecular complexity index is 1400. The second-order valence-electron chi connectivity index (χ2n) is 10.9. The van der Waals surface area contributed by atoms with Crippen LogP contribution < -0.4 is 10.6 Å². The van der Waals surface area contributed by atoms with E-state index in [2.05, 4.69) is 94.2 Å². The Labute approximate surface area is 274 Å². The van der Waals surface area contributed by atoms with E-state index in [1.165, 1.54) is 23.1 Å². The van der Waals surface area contributed by atoms with Gasteiger partial charge in [-0.3, -0.25) is 4.90 Å². The van der Waals surface area contributed by atoms with E-state index in [0.29, 0.717) is 21.8 Å². The van der Waals surface area contributed by atoms with Gasteiger partial charge in [0.15, 0.2) is 5.84 Å². The summed E-state index contributed by atoms with van der Waals surface area (Å²) in [6, 6.07) is 15.1. The van der Waals surface area contributed by atoms with Crippen molar-refractivity contribution in [3.63, 3.8) is 0 Å². The fraction of sp³-hybridized carbons (Fsp3) is 0.389. The summed E-state index contributed by atoms with van der Waals surface area (Å²) in [6.45, 7) is 18.8. The minimum atomic E-state index is 0.519. The Morgan fingerprint density at radius 3 is 2.34 bits per heavy atom. The lowest BCUT2D eigenvalue weighted by Gasteiger charge is -2.36. The number of piperazine rings is 1. The van der Waals surface area contributed by atoms with E-state index in [-0.39, 0.29) is 0 Å². The molecule has 0 atom stereocenters. The van der Waals surface area contributed by atoms with Crippen LogP contribution in [0.25, 0.3) is 0 Å². The first-order valence-corrected chi connectivity index (χ1v) is 16.4. The standard InChI is InChI=1S/C33H40Cl2N6.C3H8/c1-5-9-31(35)39-32(10-6-2)41-17-15-40(16-18-41)23-27-19-26-14-13-25-11-8-12-28(20-25)36-24(4)37-33(30(34)7-3)38-29(21-26)22-27;1-3-2/h6-12,19-22,36H,4-5,13-18,23H2,1-3H3,(H,37,38);3H2,1-2H3/b10-6-,30-7+,31-9+,39-32+;. The smallest absolute Gasteiger partial charge is 0.151 e. The summed E-state index contributed by atoms with van der Waals surface area (Å²) >= 11 is 12.9. The van der Waals surface area contributed by atoms with Crippen LogP contribution in [0.5, 0.6) is 0 Å². The van der Waals surface area contributed by atoms with E-state index in [9.17, 15) is 0 Å². The van der Waals surface area contributed by atoms with E-state index >= 15 is 0 Å². The second-order valence-corrected chi connectivity index (χ2v) is 11.7. The van der Waals surface area contributed by atoms with Crippen LogP contribution in [-0.4, -0.2) is 47.7 Å².